The van der Waals surface area contributed by atoms with Crippen molar-refractivity contribution >= 4 is 42.4 Å². The van der Waals surface area contributed by atoms with E-state index in [-0.39, 0.29) is 6.98 Å². The molecule has 4 heteroatoms. The Labute approximate surface area is 193 Å². The van der Waals surface area contributed by atoms with E-state index >= 15 is 0 Å². The van der Waals surface area contributed by atoms with Crippen LogP contribution in [0.25, 0.3) is 10.8 Å². The minimum absolute atomic E-state index is 0.222. The highest BCUT2D eigenvalue weighted by molar-refractivity contribution is 6.92. The summed E-state index contributed by atoms with van der Waals surface area (Å²) in [6.07, 6.45) is 2.21. The molecule has 0 fully saturated rings. The molecule has 2 nitrogen and oxygen atoms in total. The van der Waals surface area contributed by atoms with Gasteiger partial charge in [0, 0.05) is 16.8 Å². The average molecular weight is 434 g/mol. The zero-order chi connectivity index (χ0) is 22.1. The van der Waals surface area contributed by atoms with Crippen LogP contribution in [0.15, 0.2) is 91.0 Å². The van der Waals surface area contributed by atoms with Crippen LogP contribution in [0.3, 0.4) is 0 Å². The zero-order valence-corrected chi connectivity index (χ0v) is 20.2. The van der Waals surface area contributed by atoms with Gasteiger partial charge in [-0.2, -0.15) is 0 Å². The first-order chi connectivity index (χ1) is 15.5. The van der Waals surface area contributed by atoms with E-state index in [1.165, 1.54) is 38.5 Å². The smallest absolute Gasteiger partial charge is 0.370 e. The van der Waals surface area contributed by atoms with Crippen LogP contribution in [0.2, 0.25) is 25.0 Å². The minimum atomic E-state index is -1.73. The van der Waals surface area contributed by atoms with Crippen molar-refractivity contribution in [2.45, 2.75) is 38.3 Å². The molecule has 1 aliphatic heterocycles. The number of anilines is 2. The van der Waals surface area contributed by atoms with Crippen LogP contribution in [0.4, 0.5) is 11.4 Å². The van der Waals surface area contributed by atoms with E-state index in [1.807, 2.05) is 0 Å². The van der Waals surface area contributed by atoms with Crippen molar-refractivity contribution in [3.63, 3.8) is 0 Å². The van der Waals surface area contributed by atoms with Crippen LogP contribution in [0.5, 0.6) is 0 Å². The molecule has 5 rings (SSSR count). The fourth-order valence-electron chi connectivity index (χ4n) is 5.24. The molecule has 0 bridgehead atoms. The third-order valence-corrected chi connectivity index (χ3v) is 11.7. The SMILES string of the molecule is Cc1ccccc1CC(CB1Nc2cccc3cccc(c23)N1)[Si](C)(C)c1ccccc1. The van der Waals surface area contributed by atoms with Crippen LogP contribution >= 0.6 is 0 Å². The maximum Gasteiger partial charge on any atom is 0.370 e. The number of nitrogens with one attached hydrogen (secondary N) is 2. The molecule has 0 saturated carbocycles. The molecule has 1 unspecified atom stereocenters. The van der Waals surface area contributed by atoms with Crippen molar-refractivity contribution in [2.75, 3.05) is 10.5 Å². The largest absolute Gasteiger partial charge is 0.409 e. The van der Waals surface area contributed by atoms with Gasteiger partial charge in [-0.3, -0.25) is 0 Å². The molecule has 0 radical (unpaired) electrons. The van der Waals surface area contributed by atoms with Gasteiger partial charge in [0.05, 0.1) is 8.07 Å². The Balaban J connectivity index is 1.48. The second-order valence-corrected chi connectivity index (χ2v) is 14.5. The predicted molar refractivity (Wildman–Crippen MR) is 144 cm³/mol. The molecule has 0 amide bonds. The Hall–Kier alpha value is -2.98. The third kappa shape index (κ3) is 3.95. The van der Waals surface area contributed by atoms with Crippen LogP contribution < -0.4 is 15.6 Å². The van der Waals surface area contributed by atoms with Crippen molar-refractivity contribution in [1.82, 2.24) is 0 Å². The van der Waals surface area contributed by atoms with Crippen molar-refractivity contribution in [3.8, 4) is 0 Å². The van der Waals surface area contributed by atoms with Gasteiger partial charge in [0.1, 0.15) is 0 Å². The van der Waals surface area contributed by atoms with E-state index in [1.54, 1.807) is 0 Å². The molecular formula is C28H31BN2Si. The summed E-state index contributed by atoms with van der Waals surface area (Å²) in [5, 5.41) is 11.8. The van der Waals surface area contributed by atoms with Gasteiger partial charge in [0.2, 0.25) is 0 Å². The van der Waals surface area contributed by atoms with Crippen molar-refractivity contribution in [2.24, 2.45) is 0 Å². The lowest BCUT2D eigenvalue weighted by atomic mass is 9.68. The van der Waals surface area contributed by atoms with Crippen molar-refractivity contribution in [3.05, 3.63) is 102 Å². The Morgan fingerprint density at radius 2 is 1.38 bits per heavy atom. The standard InChI is InChI=1S/C28H31BN2Si/c1-21-11-7-8-12-23(21)19-25(32(2,3)24-15-5-4-6-16-24)20-29-30-26-17-9-13-22-14-10-18-27(31-29)28(22)26/h4-18,25,30-31H,19-20H2,1-3H3. The summed E-state index contributed by atoms with van der Waals surface area (Å²) in [5.41, 5.74) is 5.97. The first kappa shape index (κ1) is 20.9. The van der Waals surface area contributed by atoms with E-state index in [0.717, 1.165) is 12.7 Å². The first-order valence-electron chi connectivity index (χ1n) is 11.7. The van der Waals surface area contributed by atoms with Crippen molar-refractivity contribution in [1.29, 1.82) is 0 Å². The molecule has 4 aromatic rings. The molecule has 160 valence electrons. The van der Waals surface area contributed by atoms with Gasteiger partial charge in [-0.15, -0.1) is 0 Å². The van der Waals surface area contributed by atoms with E-state index in [9.17, 15) is 0 Å². The van der Waals surface area contributed by atoms with E-state index in [2.05, 4.69) is 121 Å². The molecule has 0 spiro atoms. The fourth-order valence-corrected chi connectivity index (χ4v) is 8.31. The molecule has 1 aliphatic rings. The summed E-state index contributed by atoms with van der Waals surface area (Å²) in [5.74, 6) is 0. The number of hydrogen-bond acceptors (Lipinski definition) is 2. The average Bonchev–Trinajstić information content (AvgIpc) is 2.81. The number of benzene rings is 4. The van der Waals surface area contributed by atoms with E-state index in [4.69, 9.17) is 0 Å². The van der Waals surface area contributed by atoms with Gasteiger partial charge in [0.25, 0.3) is 0 Å². The molecular weight excluding hydrogens is 403 g/mol. The first-order valence-corrected chi connectivity index (χ1v) is 14.7. The third-order valence-electron chi connectivity index (χ3n) is 7.35. The lowest BCUT2D eigenvalue weighted by molar-refractivity contribution is 0.862. The van der Waals surface area contributed by atoms with Crippen LogP contribution in [-0.2, 0) is 6.42 Å². The monoisotopic (exact) mass is 434 g/mol. The van der Waals surface area contributed by atoms with Gasteiger partial charge in [-0.05, 0) is 53.9 Å². The summed E-state index contributed by atoms with van der Waals surface area (Å²) < 4.78 is 0. The highest BCUT2D eigenvalue weighted by Gasteiger charge is 2.38. The minimum Gasteiger partial charge on any atom is -0.409 e. The second kappa shape index (κ2) is 8.51. The topological polar surface area (TPSA) is 24.1 Å². The Morgan fingerprint density at radius 1 is 0.750 bits per heavy atom. The number of hydrogen-bond donors (Lipinski definition) is 2. The van der Waals surface area contributed by atoms with Gasteiger partial charge < -0.3 is 10.5 Å². The van der Waals surface area contributed by atoms with E-state index < -0.39 is 8.07 Å². The van der Waals surface area contributed by atoms with Crippen LogP contribution in [-0.4, -0.2) is 15.1 Å². The molecule has 1 heterocycles. The highest BCUT2D eigenvalue weighted by atomic mass is 28.3. The molecule has 0 aliphatic carbocycles. The Kier molecular flexibility index (Phi) is 5.56. The van der Waals surface area contributed by atoms with Crippen LogP contribution in [0, 0.1) is 6.92 Å². The van der Waals surface area contributed by atoms with Gasteiger partial charge in [0.15, 0.2) is 0 Å². The predicted octanol–water partition coefficient (Wildman–Crippen LogP) is 6.70. The fraction of sp³-hybridized carbons (Fsp3) is 0.214. The lowest BCUT2D eigenvalue weighted by Crippen LogP contribution is -2.50. The van der Waals surface area contributed by atoms with Crippen molar-refractivity contribution < 1.29 is 0 Å². The quantitative estimate of drug-likeness (QED) is 0.330. The summed E-state index contributed by atoms with van der Waals surface area (Å²) in [6, 6.07) is 33.2. The molecule has 1 atom stereocenters. The van der Waals surface area contributed by atoms with Gasteiger partial charge >= 0.3 is 6.98 Å². The molecule has 4 aromatic carbocycles. The zero-order valence-electron chi connectivity index (χ0n) is 19.2. The summed E-state index contributed by atoms with van der Waals surface area (Å²) >= 11 is 0. The van der Waals surface area contributed by atoms with E-state index in [0.29, 0.717) is 5.54 Å². The molecule has 0 saturated heterocycles. The summed E-state index contributed by atoms with van der Waals surface area (Å²) in [6.45, 7) is 7.56. The van der Waals surface area contributed by atoms with Gasteiger partial charge in [-0.25, -0.2) is 0 Å². The molecule has 2 N–H and O–H groups in total. The Bertz CT molecular complexity index is 1200. The lowest BCUT2D eigenvalue weighted by Gasteiger charge is -2.37. The van der Waals surface area contributed by atoms with Gasteiger partial charge in [-0.1, -0.05) is 97.1 Å². The number of rotatable bonds is 6. The maximum atomic E-state index is 3.83. The normalized spacial score (nSPS) is 14.0. The second-order valence-electron chi connectivity index (χ2n) is 9.70. The molecule has 0 aromatic heterocycles. The van der Waals surface area contributed by atoms with Crippen LogP contribution in [0.1, 0.15) is 11.1 Å². The number of aryl methyl sites for hydroxylation is 1. The Morgan fingerprint density at radius 3 is 2.03 bits per heavy atom. The highest BCUT2D eigenvalue weighted by Crippen LogP contribution is 2.38. The maximum absolute atomic E-state index is 3.83. The molecule has 32 heavy (non-hydrogen) atoms. The summed E-state index contributed by atoms with van der Waals surface area (Å²) in [7, 11) is -1.73. The summed E-state index contributed by atoms with van der Waals surface area (Å²) in [4.78, 5) is 0.